The second-order valence-electron chi connectivity index (χ2n) is 5.43. The minimum atomic E-state index is 0.324. The molecule has 3 nitrogen and oxygen atoms in total. The van der Waals surface area contributed by atoms with Gasteiger partial charge in [-0.05, 0) is 44.9 Å². The van der Waals surface area contributed by atoms with Crippen LogP contribution in [0.2, 0.25) is 0 Å². The van der Waals surface area contributed by atoms with E-state index in [1.807, 2.05) is 0 Å². The van der Waals surface area contributed by atoms with Crippen LogP contribution in [0.25, 0.3) is 0 Å². The number of rotatable bonds is 7. The molecule has 102 valence electrons. The van der Waals surface area contributed by atoms with Crippen LogP contribution in [-0.4, -0.2) is 56.7 Å². The summed E-state index contributed by atoms with van der Waals surface area (Å²) in [4.78, 5) is 2.37. The fourth-order valence-electron chi connectivity index (χ4n) is 2.27. The molecule has 17 heavy (non-hydrogen) atoms. The van der Waals surface area contributed by atoms with Crippen molar-refractivity contribution in [1.29, 1.82) is 0 Å². The van der Waals surface area contributed by atoms with E-state index in [1.165, 1.54) is 0 Å². The molecular weight excluding hydrogens is 234 g/mol. The lowest BCUT2D eigenvalue weighted by atomic mass is 9.81. The number of ether oxygens (including phenoxy) is 2. The minimum Gasteiger partial charge on any atom is -0.381 e. The first-order valence-corrected chi connectivity index (χ1v) is 7.20. The lowest BCUT2D eigenvalue weighted by Crippen LogP contribution is -2.42. The third-order valence-corrected chi connectivity index (χ3v) is 4.09. The van der Waals surface area contributed by atoms with E-state index in [0.717, 1.165) is 51.5 Å². The van der Waals surface area contributed by atoms with Gasteiger partial charge >= 0.3 is 0 Å². The summed E-state index contributed by atoms with van der Waals surface area (Å²) in [5.74, 6) is 0.950. The SMILES string of the molecule is CC(C)OCCN(C)CC1(CS)CCOCC1. The molecule has 1 aliphatic rings. The van der Waals surface area contributed by atoms with Crippen LogP contribution in [-0.2, 0) is 9.47 Å². The van der Waals surface area contributed by atoms with Crippen molar-refractivity contribution in [3.63, 3.8) is 0 Å². The molecule has 0 N–H and O–H groups in total. The van der Waals surface area contributed by atoms with Crippen LogP contribution >= 0.6 is 12.6 Å². The number of nitrogens with zero attached hydrogens (tertiary/aromatic N) is 1. The van der Waals surface area contributed by atoms with Crippen LogP contribution in [0.4, 0.5) is 0 Å². The first-order chi connectivity index (χ1) is 8.08. The first-order valence-electron chi connectivity index (χ1n) is 6.57. The smallest absolute Gasteiger partial charge is 0.0596 e. The molecule has 0 radical (unpaired) electrons. The summed E-state index contributed by atoms with van der Waals surface area (Å²) in [6.07, 6.45) is 2.59. The number of likely N-dealkylation sites (N-methyl/N-ethyl adjacent to an activating group) is 1. The summed E-state index contributed by atoms with van der Waals surface area (Å²) in [7, 11) is 2.17. The predicted molar refractivity (Wildman–Crippen MR) is 74.9 cm³/mol. The normalized spacial score (nSPS) is 20.1. The Hall–Kier alpha value is 0.230. The summed E-state index contributed by atoms with van der Waals surface area (Å²) in [6.45, 7) is 8.83. The molecule has 0 spiro atoms. The van der Waals surface area contributed by atoms with E-state index >= 15 is 0 Å². The highest BCUT2D eigenvalue weighted by molar-refractivity contribution is 7.80. The highest BCUT2D eigenvalue weighted by Gasteiger charge is 2.32. The van der Waals surface area contributed by atoms with E-state index in [1.54, 1.807) is 0 Å². The van der Waals surface area contributed by atoms with Gasteiger partial charge in [0.15, 0.2) is 0 Å². The summed E-state index contributed by atoms with van der Waals surface area (Å²) in [6, 6.07) is 0. The number of hydrogen-bond acceptors (Lipinski definition) is 4. The number of thiol groups is 1. The van der Waals surface area contributed by atoms with Gasteiger partial charge in [-0.1, -0.05) is 0 Å². The highest BCUT2D eigenvalue weighted by Crippen LogP contribution is 2.32. The van der Waals surface area contributed by atoms with Gasteiger partial charge in [0.1, 0.15) is 0 Å². The summed E-state index contributed by atoms with van der Waals surface area (Å²) >= 11 is 4.53. The van der Waals surface area contributed by atoms with E-state index in [0.29, 0.717) is 11.5 Å². The Kier molecular flexibility index (Phi) is 6.85. The van der Waals surface area contributed by atoms with Gasteiger partial charge in [-0.2, -0.15) is 12.6 Å². The van der Waals surface area contributed by atoms with Gasteiger partial charge in [-0.25, -0.2) is 0 Å². The van der Waals surface area contributed by atoms with E-state index in [-0.39, 0.29) is 0 Å². The van der Waals surface area contributed by atoms with Crippen molar-refractivity contribution < 1.29 is 9.47 Å². The van der Waals surface area contributed by atoms with Gasteiger partial charge in [-0.3, -0.25) is 0 Å². The molecule has 1 aliphatic heterocycles. The second-order valence-corrected chi connectivity index (χ2v) is 5.74. The topological polar surface area (TPSA) is 21.7 Å². The molecule has 0 aromatic carbocycles. The molecule has 0 unspecified atom stereocenters. The summed E-state index contributed by atoms with van der Waals surface area (Å²) < 4.78 is 11.0. The Morgan fingerprint density at radius 2 is 2.00 bits per heavy atom. The number of hydrogen-bond donors (Lipinski definition) is 1. The molecule has 1 fully saturated rings. The molecule has 0 aromatic heterocycles. The molecule has 0 amide bonds. The Bertz CT molecular complexity index is 206. The van der Waals surface area contributed by atoms with Gasteiger partial charge in [0.2, 0.25) is 0 Å². The second kappa shape index (κ2) is 7.62. The van der Waals surface area contributed by atoms with E-state index in [4.69, 9.17) is 9.47 Å². The molecule has 0 aliphatic carbocycles. The standard InChI is InChI=1S/C13H27NO2S/c1-12(2)16-9-6-14(3)10-13(11-17)4-7-15-8-5-13/h12,17H,4-11H2,1-3H3. The first kappa shape index (κ1) is 15.3. The van der Waals surface area contributed by atoms with Crippen LogP contribution in [0.3, 0.4) is 0 Å². The zero-order valence-corrected chi connectivity index (χ0v) is 12.3. The van der Waals surface area contributed by atoms with Gasteiger partial charge in [0.25, 0.3) is 0 Å². The van der Waals surface area contributed by atoms with Gasteiger partial charge in [0.05, 0.1) is 12.7 Å². The van der Waals surface area contributed by atoms with E-state index in [2.05, 4.69) is 38.4 Å². The highest BCUT2D eigenvalue weighted by atomic mass is 32.1. The Morgan fingerprint density at radius 3 is 2.53 bits per heavy atom. The van der Waals surface area contributed by atoms with Crippen molar-refractivity contribution in [2.24, 2.45) is 5.41 Å². The van der Waals surface area contributed by atoms with Crippen LogP contribution in [0.5, 0.6) is 0 Å². The molecule has 4 heteroatoms. The average molecular weight is 261 g/mol. The van der Waals surface area contributed by atoms with Crippen molar-refractivity contribution >= 4 is 12.6 Å². The Morgan fingerprint density at radius 1 is 1.35 bits per heavy atom. The third kappa shape index (κ3) is 5.60. The molecule has 0 atom stereocenters. The van der Waals surface area contributed by atoms with Gasteiger partial charge in [0, 0.05) is 26.3 Å². The van der Waals surface area contributed by atoms with Crippen molar-refractivity contribution in [3.05, 3.63) is 0 Å². The van der Waals surface area contributed by atoms with Crippen LogP contribution in [0.1, 0.15) is 26.7 Å². The Balaban J connectivity index is 2.29. The zero-order chi connectivity index (χ0) is 12.7. The zero-order valence-electron chi connectivity index (χ0n) is 11.4. The van der Waals surface area contributed by atoms with Gasteiger partial charge < -0.3 is 14.4 Å². The maximum absolute atomic E-state index is 5.58. The summed E-state index contributed by atoms with van der Waals surface area (Å²) in [5.41, 5.74) is 0.341. The van der Waals surface area contributed by atoms with Crippen molar-refractivity contribution in [2.75, 3.05) is 45.7 Å². The molecular formula is C13H27NO2S. The molecule has 0 aromatic rings. The Labute approximate surface area is 111 Å². The fourth-order valence-corrected chi connectivity index (χ4v) is 2.68. The largest absolute Gasteiger partial charge is 0.381 e. The minimum absolute atomic E-state index is 0.324. The van der Waals surface area contributed by atoms with Crippen molar-refractivity contribution in [3.8, 4) is 0 Å². The van der Waals surface area contributed by atoms with E-state index in [9.17, 15) is 0 Å². The van der Waals surface area contributed by atoms with E-state index < -0.39 is 0 Å². The molecule has 1 rings (SSSR count). The van der Waals surface area contributed by atoms with Gasteiger partial charge in [-0.15, -0.1) is 0 Å². The molecule has 1 heterocycles. The average Bonchev–Trinajstić information content (AvgIpc) is 2.29. The lowest BCUT2D eigenvalue weighted by Gasteiger charge is -2.39. The van der Waals surface area contributed by atoms with Crippen LogP contribution in [0, 0.1) is 5.41 Å². The van der Waals surface area contributed by atoms with Crippen LogP contribution in [0.15, 0.2) is 0 Å². The van der Waals surface area contributed by atoms with Crippen molar-refractivity contribution in [2.45, 2.75) is 32.8 Å². The fraction of sp³-hybridized carbons (Fsp3) is 1.00. The molecule has 0 saturated carbocycles. The molecule has 1 saturated heterocycles. The quantitative estimate of drug-likeness (QED) is 0.709. The predicted octanol–water partition coefficient (Wildman–Crippen LogP) is 2.07. The maximum Gasteiger partial charge on any atom is 0.0596 e. The maximum atomic E-state index is 5.58. The lowest BCUT2D eigenvalue weighted by molar-refractivity contribution is 0.00382. The van der Waals surface area contributed by atoms with Crippen LogP contribution < -0.4 is 0 Å². The monoisotopic (exact) mass is 261 g/mol. The van der Waals surface area contributed by atoms with Crippen molar-refractivity contribution in [1.82, 2.24) is 4.90 Å². The summed E-state index contributed by atoms with van der Waals surface area (Å²) in [5, 5.41) is 0. The third-order valence-electron chi connectivity index (χ3n) is 3.42. The molecule has 0 bridgehead atoms.